The van der Waals surface area contributed by atoms with Gasteiger partial charge in [0.25, 0.3) is 0 Å². The first-order valence-electron chi connectivity index (χ1n) is 9.04. The lowest BCUT2D eigenvalue weighted by molar-refractivity contribution is 0.136. The Balaban J connectivity index is 1.64. The Hall–Kier alpha value is -2.00. The minimum absolute atomic E-state index is 0.306. The lowest BCUT2D eigenvalue weighted by Crippen LogP contribution is -2.20. The van der Waals surface area contributed by atoms with Crippen molar-refractivity contribution in [1.29, 1.82) is 0 Å². The highest BCUT2D eigenvalue weighted by Crippen LogP contribution is 2.41. The molecule has 1 aliphatic carbocycles. The molecular formula is C22H23NOS. The minimum atomic E-state index is 0.306. The van der Waals surface area contributed by atoms with E-state index in [9.17, 15) is 0 Å². The zero-order valence-corrected chi connectivity index (χ0v) is 15.3. The average molecular weight is 349 g/mol. The van der Waals surface area contributed by atoms with Crippen molar-refractivity contribution in [3.05, 3.63) is 71.1 Å². The van der Waals surface area contributed by atoms with Crippen molar-refractivity contribution in [2.24, 2.45) is 10.9 Å². The number of benzene rings is 2. The van der Waals surface area contributed by atoms with Crippen LogP contribution in [0.1, 0.15) is 31.2 Å². The van der Waals surface area contributed by atoms with Gasteiger partial charge in [-0.1, -0.05) is 54.1 Å². The largest absolute Gasteiger partial charge is 0.473 e. The number of thioether (sulfide) groups is 1. The van der Waals surface area contributed by atoms with Gasteiger partial charge in [0, 0.05) is 16.4 Å². The summed E-state index contributed by atoms with van der Waals surface area (Å²) in [4.78, 5) is 6.08. The lowest BCUT2D eigenvalue weighted by atomic mass is 9.84. The van der Waals surface area contributed by atoms with Crippen LogP contribution in [0.3, 0.4) is 0 Å². The predicted octanol–water partition coefficient (Wildman–Crippen LogP) is 6.29. The Morgan fingerprint density at radius 2 is 1.76 bits per heavy atom. The molecule has 0 bridgehead atoms. The fourth-order valence-corrected chi connectivity index (χ4v) is 4.41. The summed E-state index contributed by atoms with van der Waals surface area (Å²) in [6.45, 7) is 2.10. The molecule has 0 spiro atoms. The second-order valence-corrected chi connectivity index (χ2v) is 7.75. The molecule has 2 nitrogen and oxygen atoms in total. The summed E-state index contributed by atoms with van der Waals surface area (Å²) in [7, 11) is 0. The molecule has 0 N–H and O–H groups in total. The quantitative estimate of drug-likeness (QED) is 0.607. The first-order chi connectivity index (χ1) is 12.3. The van der Waals surface area contributed by atoms with Crippen LogP contribution in [0.25, 0.3) is 0 Å². The molecular weight excluding hydrogens is 326 g/mol. The number of nitrogens with zero attached hydrogens (tertiary/aromatic N) is 1. The van der Waals surface area contributed by atoms with E-state index in [0.717, 1.165) is 18.0 Å². The van der Waals surface area contributed by atoms with Gasteiger partial charge in [-0.15, -0.1) is 0 Å². The summed E-state index contributed by atoms with van der Waals surface area (Å²) in [6.07, 6.45) is 5.21. The van der Waals surface area contributed by atoms with Crippen LogP contribution in [-0.2, 0) is 4.74 Å². The molecule has 2 aliphatic rings. The van der Waals surface area contributed by atoms with Crippen molar-refractivity contribution in [2.75, 3.05) is 0 Å². The third-order valence-corrected chi connectivity index (χ3v) is 5.86. The van der Waals surface area contributed by atoms with Gasteiger partial charge in [0.05, 0.1) is 5.69 Å². The van der Waals surface area contributed by atoms with Crippen LogP contribution >= 0.6 is 11.8 Å². The molecule has 2 fully saturated rings. The molecule has 0 aromatic heterocycles. The molecule has 4 rings (SSSR count). The maximum atomic E-state index is 6.27. The predicted molar refractivity (Wildman–Crippen MR) is 105 cm³/mol. The minimum Gasteiger partial charge on any atom is -0.473 e. The highest BCUT2D eigenvalue weighted by Gasteiger charge is 2.39. The van der Waals surface area contributed by atoms with E-state index in [1.807, 2.05) is 0 Å². The molecule has 1 saturated carbocycles. The second kappa shape index (κ2) is 7.49. The fourth-order valence-electron chi connectivity index (χ4n) is 3.56. The molecule has 1 heterocycles. The van der Waals surface area contributed by atoms with Crippen molar-refractivity contribution in [3.63, 3.8) is 0 Å². The summed E-state index contributed by atoms with van der Waals surface area (Å²) in [5.74, 6) is 1.32. The summed E-state index contributed by atoms with van der Waals surface area (Å²) < 4.78 is 6.27. The molecule has 2 aromatic carbocycles. The SMILES string of the molecule is Cc1ccc(N=C2OC3CCCCC3/C2=C/Sc2ccccc2)cc1. The summed E-state index contributed by atoms with van der Waals surface area (Å²) in [5, 5.41) is 2.26. The van der Waals surface area contributed by atoms with Crippen LogP contribution in [-0.4, -0.2) is 12.0 Å². The van der Waals surface area contributed by atoms with Gasteiger partial charge in [0.15, 0.2) is 0 Å². The third kappa shape index (κ3) is 3.82. The number of fused-ring (bicyclic) bond motifs is 1. The number of hydrogen-bond acceptors (Lipinski definition) is 3. The topological polar surface area (TPSA) is 21.6 Å². The van der Waals surface area contributed by atoms with Crippen LogP contribution in [0.2, 0.25) is 0 Å². The van der Waals surface area contributed by atoms with Crippen molar-refractivity contribution in [1.82, 2.24) is 0 Å². The second-order valence-electron chi connectivity index (χ2n) is 6.80. The molecule has 2 aromatic rings. The van der Waals surface area contributed by atoms with Gasteiger partial charge in [-0.25, -0.2) is 4.99 Å². The first-order valence-corrected chi connectivity index (χ1v) is 9.92. The Bertz CT molecular complexity index is 779. The molecule has 3 heteroatoms. The van der Waals surface area contributed by atoms with Crippen LogP contribution in [0.5, 0.6) is 0 Å². The monoisotopic (exact) mass is 349 g/mol. The van der Waals surface area contributed by atoms with Crippen LogP contribution in [0.15, 0.2) is 75.5 Å². The van der Waals surface area contributed by atoms with Crippen LogP contribution in [0.4, 0.5) is 5.69 Å². The van der Waals surface area contributed by atoms with Gasteiger partial charge in [0.2, 0.25) is 5.90 Å². The highest BCUT2D eigenvalue weighted by atomic mass is 32.2. The summed E-state index contributed by atoms with van der Waals surface area (Å²) in [5.41, 5.74) is 3.49. The van der Waals surface area contributed by atoms with Gasteiger partial charge >= 0.3 is 0 Å². The van der Waals surface area contributed by atoms with E-state index < -0.39 is 0 Å². The Labute approximate surface area is 154 Å². The van der Waals surface area contributed by atoms with Crippen molar-refractivity contribution < 1.29 is 4.74 Å². The zero-order valence-electron chi connectivity index (χ0n) is 14.5. The average Bonchev–Trinajstić information content (AvgIpc) is 3.00. The summed E-state index contributed by atoms with van der Waals surface area (Å²) >= 11 is 1.77. The van der Waals surface area contributed by atoms with Crippen molar-refractivity contribution in [3.8, 4) is 0 Å². The zero-order chi connectivity index (χ0) is 17.1. The van der Waals surface area contributed by atoms with E-state index in [0.29, 0.717) is 12.0 Å². The van der Waals surface area contributed by atoms with Gasteiger partial charge in [-0.3, -0.25) is 0 Å². The van der Waals surface area contributed by atoms with Crippen molar-refractivity contribution in [2.45, 2.75) is 43.6 Å². The maximum absolute atomic E-state index is 6.27. The molecule has 1 saturated heterocycles. The Morgan fingerprint density at radius 1 is 1.00 bits per heavy atom. The highest BCUT2D eigenvalue weighted by molar-refractivity contribution is 8.02. The fraction of sp³-hybridized carbons (Fsp3) is 0.318. The van der Waals surface area contributed by atoms with Crippen LogP contribution in [0, 0.1) is 12.8 Å². The van der Waals surface area contributed by atoms with E-state index in [1.54, 1.807) is 11.8 Å². The summed E-state index contributed by atoms with van der Waals surface area (Å²) in [6, 6.07) is 18.8. The normalized spacial score (nSPS) is 25.8. The maximum Gasteiger partial charge on any atom is 0.218 e. The molecule has 0 amide bonds. The van der Waals surface area contributed by atoms with Gasteiger partial charge in [-0.2, -0.15) is 0 Å². The molecule has 2 unspecified atom stereocenters. The Kier molecular flexibility index (Phi) is 4.93. The van der Waals surface area contributed by atoms with Gasteiger partial charge < -0.3 is 4.74 Å². The van der Waals surface area contributed by atoms with E-state index in [2.05, 4.69) is 66.9 Å². The molecule has 1 aliphatic heterocycles. The number of rotatable bonds is 3. The van der Waals surface area contributed by atoms with E-state index in [1.165, 1.54) is 35.3 Å². The number of hydrogen-bond donors (Lipinski definition) is 0. The number of aryl methyl sites for hydroxylation is 1. The lowest BCUT2D eigenvalue weighted by Gasteiger charge is -2.22. The Morgan fingerprint density at radius 3 is 2.56 bits per heavy atom. The molecule has 2 atom stereocenters. The number of aliphatic imine (C=N–C) groups is 1. The third-order valence-electron chi connectivity index (χ3n) is 4.94. The first kappa shape index (κ1) is 16.5. The van der Waals surface area contributed by atoms with E-state index in [-0.39, 0.29) is 0 Å². The van der Waals surface area contributed by atoms with Crippen LogP contribution < -0.4 is 0 Å². The molecule has 0 radical (unpaired) electrons. The van der Waals surface area contributed by atoms with E-state index in [4.69, 9.17) is 9.73 Å². The number of ether oxygens (including phenoxy) is 1. The standard InChI is InChI=1S/C22H23NOS/c1-16-11-13-17(14-12-16)23-22-20(15-25-18-7-3-2-4-8-18)19-9-5-6-10-21(19)24-22/h2-4,7-8,11-15,19,21H,5-6,9-10H2,1H3/b20-15-,23-22?. The van der Waals surface area contributed by atoms with Crippen molar-refractivity contribution >= 4 is 23.3 Å². The van der Waals surface area contributed by atoms with E-state index >= 15 is 0 Å². The van der Waals surface area contributed by atoms with Gasteiger partial charge in [0.1, 0.15) is 6.10 Å². The smallest absolute Gasteiger partial charge is 0.218 e. The molecule has 25 heavy (non-hydrogen) atoms. The molecule has 128 valence electrons. The van der Waals surface area contributed by atoms with Gasteiger partial charge in [-0.05, 0) is 55.9 Å².